The summed E-state index contributed by atoms with van der Waals surface area (Å²) >= 11 is 1.23. The molecule has 1 aromatic heterocycles. The van der Waals surface area contributed by atoms with Crippen LogP contribution in [0.5, 0.6) is 0 Å². The number of carbonyl (C=O) groups excluding carboxylic acids is 1. The largest absolute Gasteiger partial charge is 0.416 e. The number of anilines is 2. The smallest absolute Gasteiger partial charge is 0.398 e. The molecule has 0 aliphatic carbocycles. The summed E-state index contributed by atoms with van der Waals surface area (Å²) in [6, 6.07) is 5.81. The zero-order valence-corrected chi connectivity index (χ0v) is 11.2. The lowest BCUT2D eigenvalue weighted by Crippen LogP contribution is -2.11. The summed E-state index contributed by atoms with van der Waals surface area (Å²) in [6.07, 6.45) is -4.39. The van der Waals surface area contributed by atoms with Gasteiger partial charge in [0.25, 0.3) is 5.91 Å². The van der Waals surface area contributed by atoms with Crippen LogP contribution in [0, 0.1) is 6.92 Å². The highest BCUT2D eigenvalue weighted by Gasteiger charge is 2.30. The van der Waals surface area contributed by atoms with E-state index in [1.165, 1.54) is 23.5 Å². The highest BCUT2D eigenvalue weighted by Crippen LogP contribution is 2.30. The first-order valence-electron chi connectivity index (χ1n) is 5.62. The summed E-state index contributed by atoms with van der Waals surface area (Å²) < 4.78 is 37.2. The first kappa shape index (κ1) is 14.4. The van der Waals surface area contributed by atoms with Crippen molar-refractivity contribution in [3.05, 3.63) is 45.6 Å². The van der Waals surface area contributed by atoms with E-state index in [0.29, 0.717) is 16.3 Å². The fourth-order valence-corrected chi connectivity index (χ4v) is 2.38. The van der Waals surface area contributed by atoms with Crippen LogP contribution in [0.4, 0.5) is 24.5 Å². The number of hydrogen-bond acceptors (Lipinski definition) is 3. The molecule has 0 atom stereocenters. The van der Waals surface area contributed by atoms with Crippen molar-refractivity contribution in [3.63, 3.8) is 0 Å². The minimum Gasteiger partial charge on any atom is -0.398 e. The number of hydrogen-bond donors (Lipinski definition) is 2. The van der Waals surface area contributed by atoms with Gasteiger partial charge in [0, 0.05) is 16.3 Å². The number of thiophene rings is 1. The van der Waals surface area contributed by atoms with Gasteiger partial charge in [-0.05, 0) is 37.3 Å². The molecule has 0 radical (unpaired) electrons. The predicted molar refractivity (Wildman–Crippen MR) is 72.9 cm³/mol. The molecule has 0 fully saturated rings. The molecular formula is C13H11F3N2OS. The van der Waals surface area contributed by atoms with Crippen molar-refractivity contribution in [2.75, 3.05) is 11.1 Å². The van der Waals surface area contributed by atoms with E-state index in [4.69, 9.17) is 5.73 Å². The fraction of sp³-hybridized carbons (Fsp3) is 0.154. The number of rotatable bonds is 2. The van der Waals surface area contributed by atoms with Crippen molar-refractivity contribution in [3.8, 4) is 0 Å². The first-order valence-corrected chi connectivity index (χ1v) is 6.43. The Labute approximate surface area is 117 Å². The van der Waals surface area contributed by atoms with Gasteiger partial charge in [-0.15, -0.1) is 11.3 Å². The molecule has 0 aliphatic rings. The molecule has 3 N–H and O–H groups in total. The standard InChI is InChI=1S/C13H11F3N2OS/c1-7-10(17)6-11(20-7)12(19)18-9-4-2-8(3-5-9)13(14,15)16/h2-6H,17H2,1H3,(H,18,19). The molecule has 0 saturated carbocycles. The van der Waals surface area contributed by atoms with Gasteiger partial charge in [-0.2, -0.15) is 13.2 Å². The quantitative estimate of drug-likeness (QED) is 0.883. The van der Waals surface area contributed by atoms with E-state index in [1.54, 1.807) is 13.0 Å². The normalized spacial score (nSPS) is 11.4. The Balaban J connectivity index is 2.12. The molecule has 1 amide bonds. The second kappa shape index (κ2) is 5.16. The fourth-order valence-electron chi connectivity index (χ4n) is 1.54. The zero-order valence-electron chi connectivity index (χ0n) is 10.4. The minimum absolute atomic E-state index is 0.299. The number of aryl methyl sites for hydroxylation is 1. The van der Waals surface area contributed by atoms with Crippen LogP contribution < -0.4 is 11.1 Å². The van der Waals surface area contributed by atoms with Gasteiger partial charge >= 0.3 is 6.18 Å². The van der Waals surface area contributed by atoms with Crippen LogP contribution in [0.2, 0.25) is 0 Å². The van der Waals surface area contributed by atoms with Gasteiger partial charge in [-0.25, -0.2) is 0 Å². The third kappa shape index (κ3) is 3.11. The summed E-state index contributed by atoms with van der Waals surface area (Å²) in [4.78, 5) is 13.1. The van der Waals surface area contributed by atoms with Crippen molar-refractivity contribution in [1.29, 1.82) is 0 Å². The van der Waals surface area contributed by atoms with E-state index in [2.05, 4.69) is 5.32 Å². The maximum absolute atomic E-state index is 12.4. The van der Waals surface area contributed by atoms with Crippen LogP contribution in [0.1, 0.15) is 20.1 Å². The maximum Gasteiger partial charge on any atom is 0.416 e. The van der Waals surface area contributed by atoms with Gasteiger partial charge in [0.15, 0.2) is 0 Å². The molecule has 3 nitrogen and oxygen atoms in total. The van der Waals surface area contributed by atoms with Crippen LogP contribution in [-0.4, -0.2) is 5.91 Å². The molecule has 0 spiro atoms. The summed E-state index contributed by atoms with van der Waals surface area (Å²) in [5.41, 5.74) is 5.71. The Hall–Kier alpha value is -2.02. The third-order valence-corrected chi connectivity index (χ3v) is 3.72. The van der Waals surface area contributed by atoms with Crippen molar-refractivity contribution >= 4 is 28.6 Å². The molecule has 1 heterocycles. The summed E-state index contributed by atoms with van der Waals surface area (Å²) in [5, 5.41) is 2.53. The lowest BCUT2D eigenvalue weighted by Gasteiger charge is -2.08. The summed E-state index contributed by atoms with van der Waals surface area (Å²) in [7, 11) is 0. The summed E-state index contributed by atoms with van der Waals surface area (Å²) in [6.45, 7) is 1.79. The Kier molecular flexibility index (Phi) is 3.71. The average Bonchev–Trinajstić information content (AvgIpc) is 2.69. The van der Waals surface area contributed by atoms with Crippen LogP contribution in [0.25, 0.3) is 0 Å². The number of carbonyl (C=O) groups is 1. The topological polar surface area (TPSA) is 55.1 Å². The van der Waals surface area contributed by atoms with E-state index in [1.807, 2.05) is 0 Å². The van der Waals surface area contributed by atoms with E-state index in [0.717, 1.165) is 17.0 Å². The number of nitrogens with one attached hydrogen (secondary N) is 1. The van der Waals surface area contributed by atoms with Gasteiger partial charge in [-0.1, -0.05) is 0 Å². The second-order valence-electron chi connectivity index (χ2n) is 4.15. The Morgan fingerprint density at radius 3 is 2.30 bits per heavy atom. The van der Waals surface area contributed by atoms with E-state index < -0.39 is 17.6 Å². The van der Waals surface area contributed by atoms with Gasteiger partial charge in [0.1, 0.15) is 0 Å². The summed E-state index contributed by atoms with van der Waals surface area (Å²) in [5.74, 6) is -0.394. The van der Waals surface area contributed by atoms with Crippen molar-refractivity contribution in [1.82, 2.24) is 0 Å². The molecule has 0 bridgehead atoms. The molecule has 20 heavy (non-hydrogen) atoms. The van der Waals surface area contributed by atoms with Gasteiger partial charge < -0.3 is 11.1 Å². The van der Waals surface area contributed by atoms with Gasteiger partial charge in [-0.3, -0.25) is 4.79 Å². The van der Waals surface area contributed by atoms with E-state index in [9.17, 15) is 18.0 Å². The minimum atomic E-state index is -4.39. The Morgan fingerprint density at radius 2 is 1.85 bits per heavy atom. The molecule has 2 aromatic rings. The van der Waals surface area contributed by atoms with E-state index in [-0.39, 0.29) is 0 Å². The van der Waals surface area contributed by atoms with Crippen molar-refractivity contribution in [2.24, 2.45) is 0 Å². The molecular weight excluding hydrogens is 289 g/mol. The lowest BCUT2D eigenvalue weighted by molar-refractivity contribution is -0.137. The lowest BCUT2D eigenvalue weighted by atomic mass is 10.2. The third-order valence-electron chi connectivity index (χ3n) is 2.65. The zero-order chi connectivity index (χ0) is 14.9. The molecule has 0 unspecified atom stereocenters. The van der Waals surface area contributed by atoms with E-state index >= 15 is 0 Å². The van der Waals surface area contributed by atoms with Crippen LogP contribution >= 0.6 is 11.3 Å². The van der Waals surface area contributed by atoms with Crippen LogP contribution in [0.15, 0.2) is 30.3 Å². The number of nitrogens with two attached hydrogens (primary N) is 1. The van der Waals surface area contributed by atoms with Crippen LogP contribution in [0.3, 0.4) is 0 Å². The number of nitrogen functional groups attached to an aromatic ring is 1. The molecule has 0 aliphatic heterocycles. The molecule has 7 heteroatoms. The highest BCUT2D eigenvalue weighted by atomic mass is 32.1. The van der Waals surface area contributed by atoms with Crippen molar-refractivity contribution < 1.29 is 18.0 Å². The van der Waals surface area contributed by atoms with Crippen molar-refractivity contribution in [2.45, 2.75) is 13.1 Å². The number of alkyl halides is 3. The molecule has 0 saturated heterocycles. The number of amides is 1. The molecule has 1 aromatic carbocycles. The first-order chi connectivity index (χ1) is 9.27. The number of benzene rings is 1. The maximum atomic E-state index is 12.4. The monoisotopic (exact) mass is 300 g/mol. The van der Waals surface area contributed by atoms with Gasteiger partial charge in [0.2, 0.25) is 0 Å². The molecule has 2 rings (SSSR count). The predicted octanol–water partition coefficient (Wildman–Crippen LogP) is 3.91. The second-order valence-corrected chi connectivity index (χ2v) is 5.41. The van der Waals surface area contributed by atoms with Crippen LogP contribution in [-0.2, 0) is 6.18 Å². The average molecular weight is 300 g/mol. The highest BCUT2D eigenvalue weighted by molar-refractivity contribution is 7.14. The Bertz CT molecular complexity index is 613. The van der Waals surface area contributed by atoms with Gasteiger partial charge in [0.05, 0.1) is 10.4 Å². The Morgan fingerprint density at radius 1 is 1.25 bits per heavy atom. The molecule has 106 valence electrons. The SMILES string of the molecule is Cc1sc(C(=O)Nc2ccc(C(F)(F)F)cc2)cc1N. The number of halogens is 3.